The largest absolute Gasteiger partial charge is 0.0726 e. The lowest BCUT2D eigenvalue weighted by Crippen LogP contribution is -2.08. The highest BCUT2D eigenvalue weighted by Crippen LogP contribution is 2.51. The Morgan fingerprint density at radius 3 is 2.00 bits per heavy atom. The molecule has 0 heteroatoms. The van der Waals surface area contributed by atoms with Crippen molar-refractivity contribution >= 4 is 6.08 Å². The van der Waals surface area contributed by atoms with Gasteiger partial charge in [0.2, 0.25) is 0 Å². The van der Waals surface area contributed by atoms with Crippen LogP contribution in [-0.2, 0) is 6.42 Å². The molecule has 1 unspecified atom stereocenters. The standard InChI is InChI=1S/C38H28/c1-4-14-27(15-5-1)24-30-20-11-13-23-33(30)38-36-25-31-21-10-12-22-32(31)35(36)26-34(28-16-6-2-7-17-28)37(38)29-18-8-3-9-19-29/h1-24,26,33H,25H2. The van der Waals surface area contributed by atoms with E-state index in [0.717, 1.165) is 6.42 Å². The Morgan fingerprint density at radius 2 is 1.24 bits per heavy atom. The van der Waals surface area contributed by atoms with Gasteiger partial charge in [-0.1, -0.05) is 146 Å². The molecule has 0 heterocycles. The van der Waals surface area contributed by atoms with Crippen LogP contribution in [0, 0.1) is 0 Å². The number of hydrogen-bond donors (Lipinski definition) is 0. The molecule has 0 radical (unpaired) electrons. The zero-order valence-electron chi connectivity index (χ0n) is 21.2. The summed E-state index contributed by atoms with van der Waals surface area (Å²) in [5.41, 5.74) is 14.7. The molecule has 5 aromatic rings. The van der Waals surface area contributed by atoms with Gasteiger partial charge in [0.25, 0.3) is 0 Å². The van der Waals surface area contributed by atoms with Gasteiger partial charge in [-0.3, -0.25) is 0 Å². The maximum absolute atomic E-state index is 2.45. The van der Waals surface area contributed by atoms with E-state index in [1.54, 1.807) is 0 Å². The van der Waals surface area contributed by atoms with Crippen molar-refractivity contribution in [2.45, 2.75) is 12.3 Å². The fourth-order valence-corrected chi connectivity index (χ4v) is 6.11. The molecule has 0 aliphatic heterocycles. The van der Waals surface area contributed by atoms with Gasteiger partial charge >= 0.3 is 0 Å². The van der Waals surface area contributed by atoms with Gasteiger partial charge in [-0.2, -0.15) is 0 Å². The molecule has 38 heavy (non-hydrogen) atoms. The summed E-state index contributed by atoms with van der Waals surface area (Å²) >= 11 is 0. The maximum Gasteiger partial charge on any atom is 0.0282 e. The molecule has 0 saturated heterocycles. The van der Waals surface area contributed by atoms with E-state index in [9.17, 15) is 0 Å². The Bertz CT molecular complexity index is 1700. The second-order valence-electron chi connectivity index (χ2n) is 10.1. The summed E-state index contributed by atoms with van der Waals surface area (Å²) < 4.78 is 0. The number of rotatable bonds is 4. The van der Waals surface area contributed by atoms with Crippen LogP contribution in [0.4, 0.5) is 0 Å². The molecule has 0 N–H and O–H groups in total. The fraction of sp³-hybridized carbons (Fsp3) is 0.0526. The van der Waals surface area contributed by atoms with Crippen molar-refractivity contribution in [1.29, 1.82) is 0 Å². The molecule has 0 nitrogen and oxygen atoms in total. The minimum atomic E-state index is 0.155. The van der Waals surface area contributed by atoms with E-state index < -0.39 is 0 Å². The number of benzene rings is 5. The zero-order chi connectivity index (χ0) is 25.3. The Labute approximate surface area is 224 Å². The molecule has 180 valence electrons. The lowest BCUT2D eigenvalue weighted by Gasteiger charge is -2.27. The molecule has 7 rings (SSSR count). The van der Waals surface area contributed by atoms with Crippen LogP contribution < -0.4 is 0 Å². The molecule has 1 atom stereocenters. The zero-order valence-corrected chi connectivity index (χ0v) is 21.2. The van der Waals surface area contributed by atoms with Gasteiger partial charge in [-0.25, -0.2) is 0 Å². The van der Waals surface area contributed by atoms with E-state index in [-0.39, 0.29) is 5.92 Å². The lowest BCUT2D eigenvalue weighted by molar-refractivity contribution is 0.998. The minimum Gasteiger partial charge on any atom is -0.0726 e. The molecule has 0 aromatic heterocycles. The summed E-state index contributed by atoms with van der Waals surface area (Å²) in [5, 5.41) is 0. The molecule has 0 saturated carbocycles. The first-order chi connectivity index (χ1) is 18.9. The predicted octanol–water partition coefficient (Wildman–Crippen LogP) is 9.88. The van der Waals surface area contributed by atoms with E-state index >= 15 is 0 Å². The van der Waals surface area contributed by atoms with Crippen LogP contribution in [-0.4, -0.2) is 0 Å². The van der Waals surface area contributed by atoms with Gasteiger partial charge in [-0.05, 0) is 73.7 Å². The molecule has 5 aromatic carbocycles. The number of allylic oxidation sites excluding steroid dienone is 5. The molecule has 2 aliphatic carbocycles. The number of fused-ring (bicyclic) bond motifs is 3. The lowest BCUT2D eigenvalue weighted by atomic mass is 9.76. The maximum atomic E-state index is 2.45. The van der Waals surface area contributed by atoms with Crippen LogP contribution in [0.5, 0.6) is 0 Å². The second-order valence-corrected chi connectivity index (χ2v) is 10.1. The van der Waals surface area contributed by atoms with Crippen LogP contribution in [0.15, 0.2) is 151 Å². The summed E-state index contributed by atoms with van der Waals surface area (Å²) in [6.07, 6.45) is 12.4. The predicted molar refractivity (Wildman–Crippen MR) is 161 cm³/mol. The Hall–Kier alpha value is -4.68. The quantitative estimate of drug-likeness (QED) is 0.233. The van der Waals surface area contributed by atoms with Gasteiger partial charge in [-0.15, -0.1) is 0 Å². The summed E-state index contributed by atoms with van der Waals surface area (Å²) in [5.74, 6) is 0.155. The van der Waals surface area contributed by atoms with Crippen molar-refractivity contribution in [2.24, 2.45) is 0 Å². The Morgan fingerprint density at radius 1 is 0.579 bits per heavy atom. The van der Waals surface area contributed by atoms with Crippen molar-refractivity contribution in [3.63, 3.8) is 0 Å². The molecule has 2 aliphatic rings. The first kappa shape index (κ1) is 22.5. The monoisotopic (exact) mass is 484 g/mol. The van der Waals surface area contributed by atoms with Crippen LogP contribution in [0.2, 0.25) is 0 Å². The van der Waals surface area contributed by atoms with E-state index in [0.29, 0.717) is 0 Å². The summed E-state index contributed by atoms with van der Waals surface area (Å²) in [6.45, 7) is 0. The average Bonchev–Trinajstić information content (AvgIpc) is 3.36. The van der Waals surface area contributed by atoms with Gasteiger partial charge in [0.15, 0.2) is 0 Å². The van der Waals surface area contributed by atoms with Crippen molar-refractivity contribution in [2.75, 3.05) is 0 Å². The molecule has 0 fully saturated rings. The summed E-state index contributed by atoms with van der Waals surface area (Å²) in [6, 6.07) is 43.9. The van der Waals surface area contributed by atoms with Gasteiger partial charge in [0.1, 0.15) is 0 Å². The van der Waals surface area contributed by atoms with Gasteiger partial charge in [0, 0.05) is 5.92 Å². The van der Waals surface area contributed by atoms with E-state index in [2.05, 4.69) is 152 Å². The highest BCUT2D eigenvalue weighted by Gasteiger charge is 2.30. The minimum absolute atomic E-state index is 0.155. The summed E-state index contributed by atoms with van der Waals surface area (Å²) in [7, 11) is 0. The SMILES string of the molecule is C1=CC(=Cc2ccccc2)C(c2c3c(cc(-c4ccccc4)c2-c2ccccc2)-c2ccccc2C3)C=C1. The molecular formula is C38H28. The Kier molecular flexibility index (Phi) is 5.72. The van der Waals surface area contributed by atoms with Crippen LogP contribution in [0.3, 0.4) is 0 Å². The Balaban J connectivity index is 1.56. The first-order valence-electron chi connectivity index (χ1n) is 13.4. The average molecular weight is 485 g/mol. The second kappa shape index (κ2) is 9.65. The third-order valence-corrected chi connectivity index (χ3v) is 7.81. The topological polar surface area (TPSA) is 0 Å². The van der Waals surface area contributed by atoms with Crippen molar-refractivity contribution in [1.82, 2.24) is 0 Å². The van der Waals surface area contributed by atoms with E-state index in [1.807, 2.05) is 0 Å². The van der Waals surface area contributed by atoms with Crippen LogP contribution >= 0.6 is 0 Å². The van der Waals surface area contributed by atoms with E-state index in [4.69, 9.17) is 0 Å². The van der Waals surface area contributed by atoms with Crippen LogP contribution in [0.25, 0.3) is 39.5 Å². The summed E-state index contributed by atoms with van der Waals surface area (Å²) in [4.78, 5) is 0. The molecule has 0 amide bonds. The molecule has 0 spiro atoms. The highest BCUT2D eigenvalue weighted by atomic mass is 14.3. The smallest absolute Gasteiger partial charge is 0.0282 e. The third kappa shape index (κ3) is 3.96. The third-order valence-electron chi connectivity index (χ3n) is 7.81. The first-order valence-corrected chi connectivity index (χ1v) is 13.4. The van der Waals surface area contributed by atoms with Crippen molar-refractivity contribution in [3.05, 3.63) is 173 Å². The highest BCUT2D eigenvalue weighted by molar-refractivity contribution is 5.94. The van der Waals surface area contributed by atoms with Gasteiger partial charge < -0.3 is 0 Å². The fourth-order valence-electron chi connectivity index (χ4n) is 6.11. The van der Waals surface area contributed by atoms with Crippen molar-refractivity contribution < 1.29 is 0 Å². The van der Waals surface area contributed by atoms with E-state index in [1.165, 1.54) is 61.2 Å². The van der Waals surface area contributed by atoms with Crippen molar-refractivity contribution in [3.8, 4) is 33.4 Å². The van der Waals surface area contributed by atoms with Gasteiger partial charge in [0.05, 0.1) is 0 Å². The molecular weight excluding hydrogens is 456 g/mol. The molecule has 0 bridgehead atoms. The number of hydrogen-bond acceptors (Lipinski definition) is 0. The van der Waals surface area contributed by atoms with Crippen LogP contribution in [0.1, 0.15) is 28.2 Å². The normalized spacial score (nSPS) is 16.4.